The number of nitrogens with one attached hydrogen (secondary N) is 2. The third kappa shape index (κ3) is 5.23. The number of aryl methyl sites for hydroxylation is 1. The molecular formula is C22H29N5O2. The van der Waals surface area contributed by atoms with Crippen molar-refractivity contribution in [2.45, 2.75) is 39.0 Å². The lowest BCUT2D eigenvalue weighted by Gasteiger charge is -2.28. The van der Waals surface area contributed by atoms with E-state index in [1.165, 1.54) is 6.42 Å². The van der Waals surface area contributed by atoms with Gasteiger partial charge in [-0.25, -0.2) is 9.97 Å². The molecule has 7 heteroatoms. The lowest BCUT2D eigenvalue weighted by Crippen LogP contribution is -2.36. The van der Waals surface area contributed by atoms with Gasteiger partial charge in [0.15, 0.2) is 0 Å². The van der Waals surface area contributed by atoms with Crippen LogP contribution in [0.5, 0.6) is 0 Å². The summed E-state index contributed by atoms with van der Waals surface area (Å²) in [7, 11) is 0. The van der Waals surface area contributed by atoms with Gasteiger partial charge in [0.1, 0.15) is 17.5 Å². The molecule has 1 saturated heterocycles. The summed E-state index contributed by atoms with van der Waals surface area (Å²) < 4.78 is 5.42. The number of benzene rings is 1. The number of amides is 1. The van der Waals surface area contributed by atoms with E-state index >= 15 is 0 Å². The second-order valence-corrected chi connectivity index (χ2v) is 7.78. The molecular weight excluding hydrogens is 366 g/mol. The highest BCUT2D eigenvalue weighted by Crippen LogP contribution is 2.26. The maximum absolute atomic E-state index is 12.4. The molecule has 1 saturated carbocycles. The molecule has 2 heterocycles. The van der Waals surface area contributed by atoms with Crippen molar-refractivity contribution < 1.29 is 9.53 Å². The van der Waals surface area contributed by atoms with Gasteiger partial charge in [-0.05, 0) is 44.0 Å². The lowest BCUT2D eigenvalue weighted by atomic mass is 9.88. The smallest absolute Gasteiger partial charge is 0.227 e. The molecule has 0 bridgehead atoms. The van der Waals surface area contributed by atoms with Crippen LogP contribution in [-0.2, 0) is 9.53 Å². The van der Waals surface area contributed by atoms with Crippen LogP contribution in [0.2, 0.25) is 0 Å². The van der Waals surface area contributed by atoms with Crippen LogP contribution in [0, 0.1) is 12.8 Å². The van der Waals surface area contributed by atoms with E-state index in [1.807, 2.05) is 37.3 Å². The molecule has 1 aromatic carbocycles. The topological polar surface area (TPSA) is 79.4 Å². The first-order valence-corrected chi connectivity index (χ1v) is 10.5. The molecule has 2 N–H and O–H groups in total. The summed E-state index contributed by atoms with van der Waals surface area (Å²) in [5.41, 5.74) is 1.76. The fourth-order valence-corrected chi connectivity index (χ4v) is 3.96. The van der Waals surface area contributed by atoms with E-state index in [-0.39, 0.29) is 11.8 Å². The molecule has 2 fully saturated rings. The number of hydrogen-bond acceptors (Lipinski definition) is 6. The van der Waals surface area contributed by atoms with Gasteiger partial charge in [0.2, 0.25) is 5.91 Å². The molecule has 1 amide bonds. The maximum atomic E-state index is 12.4. The number of carbonyl (C=O) groups is 1. The minimum Gasteiger partial charge on any atom is -0.378 e. The molecule has 154 valence electrons. The Balaban J connectivity index is 1.39. The van der Waals surface area contributed by atoms with E-state index in [4.69, 9.17) is 4.74 Å². The van der Waals surface area contributed by atoms with E-state index in [9.17, 15) is 4.79 Å². The number of hydrogen-bond donors (Lipinski definition) is 2. The number of aromatic nitrogens is 2. The van der Waals surface area contributed by atoms with Gasteiger partial charge in [0.25, 0.3) is 0 Å². The van der Waals surface area contributed by atoms with E-state index in [1.54, 1.807) is 0 Å². The fourth-order valence-electron chi connectivity index (χ4n) is 3.96. The van der Waals surface area contributed by atoms with Crippen LogP contribution in [-0.4, -0.2) is 42.2 Å². The fraction of sp³-hybridized carbons (Fsp3) is 0.500. The molecule has 1 aliphatic heterocycles. The Kier molecular flexibility index (Phi) is 6.24. The molecule has 0 spiro atoms. The number of anilines is 4. The highest BCUT2D eigenvalue weighted by molar-refractivity contribution is 5.92. The maximum Gasteiger partial charge on any atom is 0.227 e. The monoisotopic (exact) mass is 395 g/mol. The van der Waals surface area contributed by atoms with Crippen LogP contribution in [0.4, 0.5) is 23.0 Å². The van der Waals surface area contributed by atoms with Crippen LogP contribution in [0.25, 0.3) is 0 Å². The second-order valence-electron chi connectivity index (χ2n) is 7.78. The number of ether oxygens (including phenoxy) is 1. The van der Waals surface area contributed by atoms with Crippen LogP contribution >= 0.6 is 0 Å². The summed E-state index contributed by atoms with van der Waals surface area (Å²) in [5, 5.41) is 6.40. The van der Waals surface area contributed by atoms with Gasteiger partial charge in [0.05, 0.1) is 13.2 Å². The average Bonchev–Trinajstić information content (AvgIpc) is 2.76. The zero-order valence-corrected chi connectivity index (χ0v) is 17.0. The molecule has 0 radical (unpaired) electrons. The summed E-state index contributed by atoms with van der Waals surface area (Å²) in [4.78, 5) is 23.7. The molecule has 0 atom stereocenters. The van der Waals surface area contributed by atoms with Gasteiger partial charge >= 0.3 is 0 Å². The van der Waals surface area contributed by atoms with Crippen molar-refractivity contribution in [3.05, 3.63) is 36.2 Å². The van der Waals surface area contributed by atoms with E-state index in [0.29, 0.717) is 0 Å². The zero-order chi connectivity index (χ0) is 20.1. The van der Waals surface area contributed by atoms with Crippen LogP contribution in [0.3, 0.4) is 0 Å². The highest BCUT2D eigenvalue weighted by Gasteiger charge is 2.21. The summed E-state index contributed by atoms with van der Waals surface area (Å²) in [5.74, 6) is 2.71. The highest BCUT2D eigenvalue weighted by atomic mass is 16.5. The number of carbonyl (C=O) groups excluding carboxylic acids is 1. The normalized spacial score (nSPS) is 17.8. The van der Waals surface area contributed by atoms with Crippen molar-refractivity contribution in [1.29, 1.82) is 0 Å². The van der Waals surface area contributed by atoms with Gasteiger partial charge in [0, 0.05) is 36.4 Å². The summed E-state index contributed by atoms with van der Waals surface area (Å²) in [6.45, 7) is 5.02. The van der Waals surface area contributed by atoms with Crippen LogP contribution in [0.1, 0.15) is 37.9 Å². The molecule has 29 heavy (non-hydrogen) atoms. The van der Waals surface area contributed by atoms with E-state index < -0.39 is 0 Å². The van der Waals surface area contributed by atoms with Gasteiger partial charge in [-0.2, -0.15) is 0 Å². The summed E-state index contributed by atoms with van der Waals surface area (Å²) in [6, 6.07) is 9.75. The third-order valence-corrected chi connectivity index (χ3v) is 5.56. The molecule has 1 aromatic heterocycles. The van der Waals surface area contributed by atoms with E-state index in [0.717, 1.165) is 80.8 Å². The Hall–Kier alpha value is -2.67. The quantitative estimate of drug-likeness (QED) is 0.800. The molecule has 2 aliphatic rings. The third-order valence-electron chi connectivity index (χ3n) is 5.56. The second kappa shape index (κ2) is 9.22. The van der Waals surface area contributed by atoms with Gasteiger partial charge in [-0.1, -0.05) is 19.3 Å². The van der Waals surface area contributed by atoms with Gasteiger partial charge < -0.3 is 20.3 Å². The van der Waals surface area contributed by atoms with Crippen LogP contribution < -0.4 is 15.5 Å². The van der Waals surface area contributed by atoms with Crippen molar-refractivity contribution >= 4 is 28.9 Å². The Bertz CT molecular complexity index is 828. The van der Waals surface area contributed by atoms with Gasteiger partial charge in [-0.15, -0.1) is 0 Å². The SMILES string of the molecule is Cc1nc(Nc2ccc(NC(=O)C3CCCCC3)cc2)cc(N2CCOCC2)n1. The molecule has 7 nitrogen and oxygen atoms in total. The minimum atomic E-state index is 0.145. The minimum absolute atomic E-state index is 0.145. The Morgan fingerprint density at radius 2 is 1.72 bits per heavy atom. The van der Waals surface area contributed by atoms with Crippen molar-refractivity contribution in [3.63, 3.8) is 0 Å². The van der Waals surface area contributed by atoms with Crippen LogP contribution in [0.15, 0.2) is 30.3 Å². The van der Waals surface area contributed by atoms with Crippen molar-refractivity contribution in [2.24, 2.45) is 5.92 Å². The Morgan fingerprint density at radius 1 is 1.03 bits per heavy atom. The Labute approximate surface area is 171 Å². The first kappa shape index (κ1) is 19.6. The number of rotatable bonds is 5. The predicted octanol–water partition coefficient (Wildman–Crippen LogP) is 3.88. The summed E-state index contributed by atoms with van der Waals surface area (Å²) >= 11 is 0. The predicted molar refractivity (Wildman–Crippen MR) is 115 cm³/mol. The van der Waals surface area contributed by atoms with Gasteiger partial charge in [-0.3, -0.25) is 4.79 Å². The molecule has 0 unspecified atom stereocenters. The standard InChI is InChI=1S/C22H29N5O2/c1-16-23-20(15-21(24-16)27-11-13-29-14-12-27)25-18-7-9-19(10-8-18)26-22(28)17-5-3-2-4-6-17/h7-10,15,17H,2-6,11-14H2,1H3,(H,26,28)(H,23,24,25). The molecule has 4 rings (SSSR count). The first-order chi connectivity index (χ1) is 14.2. The van der Waals surface area contributed by atoms with Crippen molar-refractivity contribution in [3.8, 4) is 0 Å². The van der Waals surface area contributed by atoms with E-state index in [2.05, 4.69) is 25.5 Å². The van der Waals surface area contributed by atoms with Crippen molar-refractivity contribution in [1.82, 2.24) is 9.97 Å². The number of nitrogens with zero attached hydrogens (tertiary/aromatic N) is 3. The summed E-state index contributed by atoms with van der Waals surface area (Å²) in [6.07, 6.45) is 5.57. The molecule has 2 aromatic rings. The number of morpholine rings is 1. The largest absolute Gasteiger partial charge is 0.378 e. The lowest BCUT2D eigenvalue weighted by molar-refractivity contribution is -0.120. The average molecular weight is 396 g/mol. The van der Waals surface area contributed by atoms with Crippen molar-refractivity contribution in [2.75, 3.05) is 41.8 Å². The molecule has 1 aliphatic carbocycles. The first-order valence-electron chi connectivity index (χ1n) is 10.5. The Morgan fingerprint density at radius 3 is 2.45 bits per heavy atom. The zero-order valence-electron chi connectivity index (χ0n) is 17.0.